The number of nitrogens with one attached hydrogen (secondary N) is 1. The molecule has 0 radical (unpaired) electrons. The second kappa shape index (κ2) is 5.73. The van der Waals surface area contributed by atoms with Crippen molar-refractivity contribution in [3.63, 3.8) is 0 Å². The Morgan fingerprint density at radius 1 is 1.42 bits per heavy atom. The molecule has 5 nitrogen and oxygen atoms in total. The van der Waals surface area contributed by atoms with E-state index in [1.165, 1.54) is 12.5 Å². The topological polar surface area (TPSA) is 58.6 Å². The minimum Gasteiger partial charge on any atom is -0.442 e. The van der Waals surface area contributed by atoms with E-state index < -0.39 is 0 Å². The highest BCUT2D eigenvalue weighted by Gasteiger charge is 2.32. The molecule has 0 unspecified atom stereocenters. The van der Waals surface area contributed by atoms with Crippen LogP contribution in [0.4, 0.5) is 10.5 Å². The van der Waals surface area contributed by atoms with Crippen molar-refractivity contribution in [2.45, 2.75) is 26.4 Å². The number of hydrogen-bond acceptors (Lipinski definition) is 3. The van der Waals surface area contributed by atoms with Crippen molar-refractivity contribution in [1.82, 2.24) is 5.32 Å². The first-order valence-electron chi connectivity index (χ1n) is 6.41. The van der Waals surface area contributed by atoms with E-state index in [0.717, 1.165) is 12.1 Å². The van der Waals surface area contributed by atoms with E-state index in [4.69, 9.17) is 4.74 Å². The van der Waals surface area contributed by atoms with Gasteiger partial charge in [-0.3, -0.25) is 9.69 Å². The van der Waals surface area contributed by atoms with Gasteiger partial charge in [0.2, 0.25) is 5.91 Å². The van der Waals surface area contributed by atoms with E-state index in [2.05, 4.69) is 12.2 Å². The highest BCUT2D eigenvalue weighted by Crippen LogP contribution is 2.22. The molecule has 5 heteroatoms. The van der Waals surface area contributed by atoms with E-state index in [-0.39, 0.29) is 18.1 Å². The summed E-state index contributed by atoms with van der Waals surface area (Å²) in [6, 6.07) is 7.84. The molecule has 0 aromatic heterocycles. The zero-order valence-electron chi connectivity index (χ0n) is 11.2. The molecule has 1 fully saturated rings. The van der Waals surface area contributed by atoms with Crippen molar-refractivity contribution >= 4 is 17.7 Å². The summed E-state index contributed by atoms with van der Waals surface area (Å²) in [5.74, 6) is -0.123. The number of aryl methyl sites for hydroxylation is 1. The molecular formula is C14H18N2O3. The summed E-state index contributed by atoms with van der Waals surface area (Å²) in [5, 5.41) is 2.66. The van der Waals surface area contributed by atoms with Gasteiger partial charge >= 0.3 is 6.09 Å². The lowest BCUT2D eigenvalue weighted by Crippen LogP contribution is -2.33. The molecule has 1 heterocycles. The number of carbonyl (C=O) groups excluding carboxylic acids is 2. The summed E-state index contributed by atoms with van der Waals surface area (Å²) in [4.78, 5) is 24.2. The van der Waals surface area contributed by atoms with Gasteiger partial charge in [0.25, 0.3) is 0 Å². The lowest BCUT2D eigenvalue weighted by molar-refractivity contribution is -0.119. The van der Waals surface area contributed by atoms with Crippen LogP contribution in [0, 0.1) is 0 Å². The van der Waals surface area contributed by atoms with E-state index in [1.807, 2.05) is 24.3 Å². The van der Waals surface area contributed by atoms with Gasteiger partial charge in [-0.1, -0.05) is 19.1 Å². The standard InChI is InChI=1S/C14H18N2O3/c1-3-11-4-6-12(7-5-11)16-9-13(19-14(16)18)8-15-10(2)17/h4-7,13H,3,8-9H2,1-2H3,(H,15,17)/t13-/m0/s1. The Balaban J connectivity index is 2.00. The van der Waals surface area contributed by atoms with Crippen LogP contribution >= 0.6 is 0 Å². The van der Waals surface area contributed by atoms with Gasteiger partial charge in [-0.05, 0) is 24.1 Å². The van der Waals surface area contributed by atoms with Crippen LogP contribution in [0.25, 0.3) is 0 Å². The van der Waals surface area contributed by atoms with Gasteiger partial charge in [-0.15, -0.1) is 0 Å². The van der Waals surface area contributed by atoms with Crippen LogP contribution in [-0.4, -0.2) is 31.2 Å². The zero-order valence-corrected chi connectivity index (χ0v) is 11.2. The first kappa shape index (κ1) is 13.4. The maximum atomic E-state index is 11.8. The van der Waals surface area contributed by atoms with Crippen LogP contribution in [0.2, 0.25) is 0 Å². The quantitative estimate of drug-likeness (QED) is 0.898. The van der Waals surface area contributed by atoms with Gasteiger partial charge in [-0.2, -0.15) is 0 Å². The van der Waals surface area contributed by atoms with Crippen molar-refractivity contribution in [2.75, 3.05) is 18.0 Å². The molecule has 0 spiro atoms. The minimum atomic E-state index is -0.361. The third kappa shape index (κ3) is 3.24. The molecule has 1 atom stereocenters. The summed E-state index contributed by atoms with van der Waals surface area (Å²) in [6.07, 6.45) is 0.317. The van der Waals surface area contributed by atoms with E-state index in [1.54, 1.807) is 4.90 Å². The highest BCUT2D eigenvalue weighted by atomic mass is 16.6. The Hall–Kier alpha value is -2.04. The highest BCUT2D eigenvalue weighted by molar-refractivity contribution is 5.89. The van der Waals surface area contributed by atoms with Crippen LogP contribution in [0.1, 0.15) is 19.4 Å². The first-order valence-corrected chi connectivity index (χ1v) is 6.41. The molecule has 19 heavy (non-hydrogen) atoms. The van der Waals surface area contributed by atoms with E-state index in [0.29, 0.717) is 13.1 Å². The predicted octanol–water partition coefficient (Wildman–Crippen LogP) is 1.71. The molecule has 0 bridgehead atoms. The van der Waals surface area contributed by atoms with Crippen molar-refractivity contribution in [3.05, 3.63) is 29.8 Å². The van der Waals surface area contributed by atoms with Crippen LogP contribution < -0.4 is 10.2 Å². The maximum Gasteiger partial charge on any atom is 0.414 e. The molecule has 0 saturated carbocycles. The molecule has 2 rings (SSSR count). The van der Waals surface area contributed by atoms with Crippen LogP contribution in [0.5, 0.6) is 0 Å². The lowest BCUT2D eigenvalue weighted by atomic mass is 10.1. The number of anilines is 1. The Labute approximate surface area is 112 Å². The van der Waals surface area contributed by atoms with Gasteiger partial charge < -0.3 is 10.1 Å². The smallest absolute Gasteiger partial charge is 0.414 e. The van der Waals surface area contributed by atoms with Gasteiger partial charge in [-0.25, -0.2) is 4.79 Å². The molecule has 1 aliphatic rings. The molecule has 1 N–H and O–H groups in total. The molecule has 102 valence electrons. The average Bonchev–Trinajstić information content (AvgIpc) is 2.78. The van der Waals surface area contributed by atoms with Gasteiger partial charge in [0, 0.05) is 12.6 Å². The van der Waals surface area contributed by atoms with Crippen LogP contribution in [0.15, 0.2) is 24.3 Å². The SMILES string of the molecule is CCc1ccc(N2C[C@H](CNC(C)=O)OC2=O)cc1. The van der Waals surface area contributed by atoms with E-state index >= 15 is 0 Å². The number of benzene rings is 1. The van der Waals surface area contributed by atoms with Crippen molar-refractivity contribution in [1.29, 1.82) is 0 Å². The second-order valence-electron chi connectivity index (χ2n) is 4.57. The molecule has 1 saturated heterocycles. The fourth-order valence-electron chi connectivity index (χ4n) is 2.01. The summed E-state index contributed by atoms with van der Waals surface area (Å²) < 4.78 is 5.21. The Morgan fingerprint density at radius 3 is 2.68 bits per heavy atom. The lowest BCUT2D eigenvalue weighted by Gasteiger charge is -2.13. The molecule has 2 amide bonds. The number of ether oxygens (including phenoxy) is 1. The first-order chi connectivity index (χ1) is 9.10. The van der Waals surface area contributed by atoms with Crippen LogP contribution in [0.3, 0.4) is 0 Å². The summed E-state index contributed by atoms with van der Waals surface area (Å²) in [7, 11) is 0. The van der Waals surface area contributed by atoms with Crippen molar-refractivity contribution < 1.29 is 14.3 Å². The van der Waals surface area contributed by atoms with Crippen LogP contribution in [-0.2, 0) is 16.0 Å². The summed E-state index contributed by atoms with van der Waals surface area (Å²) in [5.41, 5.74) is 2.05. The molecule has 1 aliphatic heterocycles. The summed E-state index contributed by atoms with van der Waals surface area (Å²) in [6.45, 7) is 4.34. The number of rotatable bonds is 4. The fraction of sp³-hybridized carbons (Fsp3) is 0.429. The number of carbonyl (C=O) groups is 2. The molecule has 0 aliphatic carbocycles. The molecule has 1 aromatic carbocycles. The number of amides is 2. The van der Waals surface area contributed by atoms with Gasteiger partial charge in [0.1, 0.15) is 6.10 Å². The number of cyclic esters (lactones) is 1. The third-order valence-corrected chi connectivity index (χ3v) is 3.11. The Bertz CT molecular complexity index is 470. The third-order valence-electron chi connectivity index (χ3n) is 3.11. The molecule has 1 aromatic rings. The minimum absolute atomic E-state index is 0.123. The summed E-state index contributed by atoms with van der Waals surface area (Å²) >= 11 is 0. The van der Waals surface area contributed by atoms with Crippen molar-refractivity contribution in [3.8, 4) is 0 Å². The average molecular weight is 262 g/mol. The zero-order chi connectivity index (χ0) is 13.8. The normalized spacial score (nSPS) is 18.3. The fourth-order valence-corrected chi connectivity index (χ4v) is 2.01. The largest absolute Gasteiger partial charge is 0.442 e. The number of hydrogen-bond donors (Lipinski definition) is 1. The molecular weight excluding hydrogens is 244 g/mol. The van der Waals surface area contributed by atoms with Crippen molar-refractivity contribution in [2.24, 2.45) is 0 Å². The monoisotopic (exact) mass is 262 g/mol. The van der Waals surface area contributed by atoms with Gasteiger partial charge in [0.15, 0.2) is 0 Å². The number of nitrogens with zero attached hydrogens (tertiary/aromatic N) is 1. The Morgan fingerprint density at radius 2 is 2.11 bits per heavy atom. The maximum absolute atomic E-state index is 11.8. The Kier molecular flexibility index (Phi) is 4.04. The second-order valence-corrected chi connectivity index (χ2v) is 4.57. The predicted molar refractivity (Wildman–Crippen MR) is 72.1 cm³/mol. The van der Waals surface area contributed by atoms with Gasteiger partial charge in [0.05, 0.1) is 13.1 Å². The van der Waals surface area contributed by atoms with E-state index in [9.17, 15) is 9.59 Å².